The molecular weight excluding hydrogens is 308 g/mol. The van der Waals surface area contributed by atoms with Crippen LogP contribution >= 0.6 is 15.9 Å². The van der Waals surface area contributed by atoms with Crippen molar-refractivity contribution in [2.75, 3.05) is 25.5 Å². The number of halogens is 1. The average molecular weight is 329 g/mol. The second kappa shape index (κ2) is 6.52. The number of nitrogens with two attached hydrogens (primary N) is 1. The van der Waals surface area contributed by atoms with Gasteiger partial charge in [0.1, 0.15) is 0 Å². The first kappa shape index (κ1) is 14.5. The summed E-state index contributed by atoms with van der Waals surface area (Å²) in [5.41, 5.74) is 6.17. The summed E-state index contributed by atoms with van der Waals surface area (Å²) in [6.45, 7) is 1.54. The number of hydrogen-bond acceptors (Lipinski definition) is 5. The van der Waals surface area contributed by atoms with Crippen LogP contribution in [-0.4, -0.2) is 30.2 Å². The smallest absolute Gasteiger partial charge is 0.232 e. The molecule has 1 aliphatic carbocycles. The van der Waals surface area contributed by atoms with Crippen molar-refractivity contribution < 1.29 is 4.74 Å². The van der Waals surface area contributed by atoms with Crippen LogP contribution in [0.15, 0.2) is 10.7 Å². The van der Waals surface area contributed by atoms with Gasteiger partial charge in [-0.25, -0.2) is 4.98 Å². The highest BCUT2D eigenvalue weighted by Crippen LogP contribution is 2.35. The van der Waals surface area contributed by atoms with Crippen molar-refractivity contribution in [1.29, 1.82) is 0 Å². The Bertz CT molecular complexity index is 421. The molecule has 1 saturated carbocycles. The Morgan fingerprint density at radius 2 is 2.16 bits per heavy atom. The third-order valence-electron chi connectivity index (χ3n) is 3.87. The third kappa shape index (κ3) is 3.57. The maximum atomic E-state index is 5.97. The van der Waals surface area contributed by atoms with Gasteiger partial charge in [0.2, 0.25) is 11.8 Å². The number of anilines is 1. The minimum atomic E-state index is 0.196. The summed E-state index contributed by atoms with van der Waals surface area (Å²) in [6, 6.07) is 0. The van der Waals surface area contributed by atoms with E-state index in [2.05, 4.69) is 31.2 Å². The summed E-state index contributed by atoms with van der Waals surface area (Å²) in [6.07, 6.45) is 7.93. The van der Waals surface area contributed by atoms with Crippen molar-refractivity contribution in [2.24, 2.45) is 11.1 Å². The van der Waals surface area contributed by atoms with Gasteiger partial charge in [-0.15, -0.1) is 0 Å². The van der Waals surface area contributed by atoms with Crippen LogP contribution in [-0.2, 0) is 0 Å². The molecule has 0 bridgehead atoms. The second-order valence-corrected chi connectivity index (χ2v) is 6.02. The fourth-order valence-corrected chi connectivity index (χ4v) is 2.95. The maximum Gasteiger partial charge on any atom is 0.232 e. The quantitative estimate of drug-likeness (QED) is 0.869. The minimum absolute atomic E-state index is 0.196. The van der Waals surface area contributed by atoms with E-state index in [0.717, 1.165) is 11.0 Å². The Labute approximate surface area is 122 Å². The molecule has 6 heteroatoms. The maximum absolute atomic E-state index is 5.97. The molecule has 0 aromatic carbocycles. The summed E-state index contributed by atoms with van der Waals surface area (Å²) < 4.78 is 5.92. The van der Waals surface area contributed by atoms with E-state index in [0.29, 0.717) is 18.4 Å². The minimum Gasteiger partial charge on any atom is -0.480 e. The zero-order chi connectivity index (χ0) is 13.7. The number of nitrogens with one attached hydrogen (secondary N) is 1. The fourth-order valence-electron chi connectivity index (χ4n) is 2.60. The molecule has 1 aromatic heterocycles. The molecule has 5 nitrogen and oxygen atoms in total. The molecule has 0 atom stereocenters. The summed E-state index contributed by atoms with van der Waals surface area (Å²) >= 11 is 3.34. The van der Waals surface area contributed by atoms with Crippen LogP contribution in [0.3, 0.4) is 0 Å². The molecule has 1 aliphatic rings. The summed E-state index contributed by atoms with van der Waals surface area (Å²) in [5, 5.41) is 3.30. The van der Waals surface area contributed by atoms with E-state index in [1.165, 1.54) is 32.1 Å². The Hall–Kier alpha value is -0.880. The van der Waals surface area contributed by atoms with Crippen LogP contribution < -0.4 is 15.8 Å². The van der Waals surface area contributed by atoms with Crippen molar-refractivity contribution in [3.05, 3.63) is 10.7 Å². The van der Waals surface area contributed by atoms with Gasteiger partial charge in [-0.1, -0.05) is 19.3 Å². The number of aromatic nitrogens is 2. The Morgan fingerprint density at radius 3 is 2.79 bits per heavy atom. The van der Waals surface area contributed by atoms with E-state index in [4.69, 9.17) is 10.5 Å². The molecule has 19 heavy (non-hydrogen) atoms. The van der Waals surface area contributed by atoms with Crippen molar-refractivity contribution in [1.82, 2.24) is 9.97 Å². The highest BCUT2D eigenvalue weighted by molar-refractivity contribution is 9.10. The van der Waals surface area contributed by atoms with Crippen molar-refractivity contribution in [3.8, 4) is 5.88 Å². The highest BCUT2D eigenvalue weighted by Gasteiger charge is 2.30. The number of ether oxygens (including phenoxy) is 1. The standard InChI is InChI=1S/C13H21BrN4O/c1-19-11-10(14)7-16-12(18-11)17-9-13(8-15)5-3-2-4-6-13/h7H,2-6,8-9,15H2,1H3,(H,16,17,18). The molecule has 106 valence electrons. The van der Waals surface area contributed by atoms with Crippen molar-refractivity contribution >= 4 is 21.9 Å². The Kier molecular flexibility index (Phi) is 4.99. The zero-order valence-electron chi connectivity index (χ0n) is 11.3. The molecule has 0 radical (unpaired) electrons. The van der Waals surface area contributed by atoms with E-state index in [9.17, 15) is 0 Å². The van der Waals surface area contributed by atoms with E-state index in [1.807, 2.05) is 0 Å². The van der Waals surface area contributed by atoms with Crippen molar-refractivity contribution in [3.63, 3.8) is 0 Å². The predicted octanol–water partition coefficient (Wildman–Crippen LogP) is 2.57. The third-order valence-corrected chi connectivity index (χ3v) is 4.42. The Balaban J connectivity index is 2.00. The van der Waals surface area contributed by atoms with Gasteiger partial charge >= 0.3 is 0 Å². The zero-order valence-corrected chi connectivity index (χ0v) is 12.9. The van der Waals surface area contributed by atoms with E-state index in [-0.39, 0.29) is 5.41 Å². The van der Waals surface area contributed by atoms with Crippen molar-refractivity contribution in [2.45, 2.75) is 32.1 Å². The normalized spacial score (nSPS) is 18.1. The fraction of sp³-hybridized carbons (Fsp3) is 0.692. The number of nitrogens with zero attached hydrogens (tertiary/aromatic N) is 2. The van der Waals surface area contributed by atoms with Crippen LogP contribution in [0.4, 0.5) is 5.95 Å². The first-order valence-corrected chi connectivity index (χ1v) is 7.49. The molecule has 0 spiro atoms. The molecule has 3 N–H and O–H groups in total. The molecular formula is C13H21BrN4O. The molecule has 0 aliphatic heterocycles. The first-order chi connectivity index (χ1) is 9.19. The van der Waals surface area contributed by atoms with Gasteiger partial charge < -0.3 is 15.8 Å². The summed E-state index contributed by atoms with van der Waals surface area (Å²) in [4.78, 5) is 8.56. The van der Waals surface area contributed by atoms with Crippen LogP contribution in [0, 0.1) is 5.41 Å². The molecule has 1 aromatic rings. The lowest BCUT2D eigenvalue weighted by Gasteiger charge is -2.36. The molecule has 0 unspecified atom stereocenters. The lowest BCUT2D eigenvalue weighted by atomic mass is 9.74. The van der Waals surface area contributed by atoms with E-state index in [1.54, 1.807) is 13.3 Å². The van der Waals surface area contributed by atoms with Crippen LogP contribution in [0.2, 0.25) is 0 Å². The van der Waals surface area contributed by atoms with Gasteiger partial charge in [0, 0.05) is 6.54 Å². The molecule has 1 fully saturated rings. The first-order valence-electron chi connectivity index (χ1n) is 6.70. The topological polar surface area (TPSA) is 73.1 Å². The number of hydrogen-bond donors (Lipinski definition) is 2. The van der Waals surface area contributed by atoms with Gasteiger partial charge in [0.25, 0.3) is 0 Å². The predicted molar refractivity (Wildman–Crippen MR) is 79.3 cm³/mol. The number of methoxy groups -OCH3 is 1. The average Bonchev–Trinajstić information content (AvgIpc) is 2.47. The van der Waals surface area contributed by atoms with Gasteiger partial charge in [0.15, 0.2) is 0 Å². The molecule has 0 amide bonds. The van der Waals surface area contributed by atoms with Crippen LogP contribution in [0.25, 0.3) is 0 Å². The lowest BCUT2D eigenvalue weighted by Crippen LogP contribution is -2.39. The summed E-state index contributed by atoms with van der Waals surface area (Å²) in [5.74, 6) is 1.14. The lowest BCUT2D eigenvalue weighted by molar-refractivity contribution is 0.215. The molecule has 0 saturated heterocycles. The van der Waals surface area contributed by atoms with Crippen LogP contribution in [0.1, 0.15) is 32.1 Å². The molecule has 1 heterocycles. The van der Waals surface area contributed by atoms with Gasteiger partial charge in [0.05, 0.1) is 17.8 Å². The Morgan fingerprint density at radius 1 is 1.42 bits per heavy atom. The van der Waals surface area contributed by atoms with Crippen LogP contribution in [0.5, 0.6) is 5.88 Å². The van der Waals surface area contributed by atoms with Gasteiger partial charge in [-0.2, -0.15) is 4.98 Å². The van der Waals surface area contributed by atoms with Gasteiger partial charge in [-0.3, -0.25) is 0 Å². The highest BCUT2D eigenvalue weighted by atomic mass is 79.9. The van der Waals surface area contributed by atoms with E-state index >= 15 is 0 Å². The largest absolute Gasteiger partial charge is 0.480 e. The summed E-state index contributed by atoms with van der Waals surface area (Å²) in [7, 11) is 1.60. The second-order valence-electron chi connectivity index (χ2n) is 5.17. The SMILES string of the molecule is COc1nc(NCC2(CN)CCCCC2)ncc1Br. The number of rotatable bonds is 5. The van der Waals surface area contributed by atoms with E-state index < -0.39 is 0 Å². The van der Waals surface area contributed by atoms with Gasteiger partial charge in [-0.05, 0) is 40.7 Å². The monoisotopic (exact) mass is 328 g/mol. The molecule has 2 rings (SSSR count).